The van der Waals surface area contributed by atoms with Crippen LogP contribution in [-0.4, -0.2) is 13.0 Å². The second-order valence-corrected chi connectivity index (χ2v) is 5.92. The summed E-state index contributed by atoms with van der Waals surface area (Å²) >= 11 is 0. The number of methoxy groups -OCH3 is 1. The van der Waals surface area contributed by atoms with Crippen LogP contribution in [0.25, 0.3) is 0 Å². The molecule has 2 aromatic carbocycles. The van der Waals surface area contributed by atoms with Crippen molar-refractivity contribution in [3.8, 4) is 5.75 Å². The molecule has 0 aliphatic heterocycles. The van der Waals surface area contributed by atoms with Gasteiger partial charge in [-0.1, -0.05) is 42.5 Å². The fourth-order valence-electron chi connectivity index (χ4n) is 2.84. The highest BCUT2D eigenvalue weighted by atomic mass is 16.5. The lowest BCUT2D eigenvalue weighted by Gasteiger charge is -2.20. The first-order chi connectivity index (χ1) is 10.7. The van der Waals surface area contributed by atoms with Crippen molar-refractivity contribution in [3.05, 3.63) is 65.7 Å². The Labute approximate surface area is 131 Å². The van der Waals surface area contributed by atoms with Crippen LogP contribution in [0.5, 0.6) is 5.75 Å². The molecule has 1 N–H and O–H groups in total. The second-order valence-electron chi connectivity index (χ2n) is 5.92. The lowest BCUT2D eigenvalue weighted by atomic mass is 9.94. The maximum Gasteiger partial charge on any atom is 0.231 e. The number of benzene rings is 2. The zero-order valence-corrected chi connectivity index (χ0v) is 13.0. The highest BCUT2D eigenvalue weighted by molar-refractivity contribution is 5.91. The first-order valence-corrected chi connectivity index (χ1v) is 7.66. The largest absolute Gasteiger partial charge is 0.497 e. The predicted molar refractivity (Wildman–Crippen MR) is 86.9 cm³/mol. The predicted octanol–water partition coefficient (Wildman–Crippen LogP) is 3.60. The van der Waals surface area contributed by atoms with Crippen LogP contribution in [0.15, 0.2) is 54.6 Å². The number of carbonyl (C=O) groups excluding carboxylic acids is 1. The lowest BCUT2D eigenvalue weighted by molar-refractivity contribution is -0.124. The summed E-state index contributed by atoms with van der Waals surface area (Å²) < 4.78 is 5.16. The molecule has 3 rings (SSSR count). The third-order valence-electron chi connectivity index (χ3n) is 4.47. The highest BCUT2D eigenvalue weighted by Crippen LogP contribution is 2.48. The van der Waals surface area contributed by atoms with E-state index in [-0.39, 0.29) is 17.4 Å². The minimum atomic E-state index is -0.317. The molecule has 0 aromatic heterocycles. The summed E-state index contributed by atoms with van der Waals surface area (Å²) in [5.74, 6) is 0.951. The average molecular weight is 295 g/mol. The molecule has 114 valence electrons. The third-order valence-corrected chi connectivity index (χ3v) is 4.47. The monoisotopic (exact) mass is 295 g/mol. The summed E-state index contributed by atoms with van der Waals surface area (Å²) in [6.07, 6.45) is 1.86. The van der Waals surface area contributed by atoms with E-state index in [1.54, 1.807) is 7.11 Å². The maximum absolute atomic E-state index is 12.7. The topological polar surface area (TPSA) is 38.3 Å². The molecule has 0 saturated heterocycles. The normalized spacial score (nSPS) is 16.6. The van der Waals surface area contributed by atoms with E-state index in [4.69, 9.17) is 4.74 Å². The molecule has 0 bridgehead atoms. The van der Waals surface area contributed by atoms with Gasteiger partial charge < -0.3 is 10.1 Å². The van der Waals surface area contributed by atoms with E-state index in [1.807, 2.05) is 61.5 Å². The molecule has 3 nitrogen and oxygen atoms in total. The molecule has 22 heavy (non-hydrogen) atoms. The highest BCUT2D eigenvalue weighted by Gasteiger charge is 2.51. The molecule has 0 spiro atoms. The Kier molecular flexibility index (Phi) is 3.88. The van der Waals surface area contributed by atoms with Gasteiger partial charge in [-0.15, -0.1) is 0 Å². The van der Waals surface area contributed by atoms with Gasteiger partial charge in [0.2, 0.25) is 5.91 Å². The van der Waals surface area contributed by atoms with E-state index in [9.17, 15) is 4.79 Å². The van der Waals surface area contributed by atoms with Crippen molar-refractivity contribution in [2.45, 2.75) is 31.2 Å². The number of rotatable bonds is 5. The Morgan fingerprint density at radius 3 is 2.27 bits per heavy atom. The number of nitrogens with one attached hydrogen (secondary N) is 1. The van der Waals surface area contributed by atoms with Gasteiger partial charge in [-0.05, 0) is 43.0 Å². The molecule has 3 heteroatoms. The van der Waals surface area contributed by atoms with Crippen LogP contribution in [0.3, 0.4) is 0 Å². The van der Waals surface area contributed by atoms with Gasteiger partial charge in [0.1, 0.15) is 5.75 Å². The summed E-state index contributed by atoms with van der Waals surface area (Å²) in [4.78, 5) is 12.7. The minimum absolute atomic E-state index is 0.0143. The molecule has 1 fully saturated rings. The average Bonchev–Trinajstić information content (AvgIpc) is 3.37. The minimum Gasteiger partial charge on any atom is -0.497 e. The molecular weight excluding hydrogens is 274 g/mol. The van der Waals surface area contributed by atoms with Gasteiger partial charge in [0.15, 0.2) is 0 Å². The molecule has 1 unspecified atom stereocenters. The molecule has 0 radical (unpaired) electrons. The molecule has 1 saturated carbocycles. The molecule has 1 atom stereocenters. The van der Waals surface area contributed by atoms with Gasteiger partial charge in [-0.25, -0.2) is 0 Å². The van der Waals surface area contributed by atoms with E-state index in [2.05, 4.69) is 5.32 Å². The van der Waals surface area contributed by atoms with Crippen molar-refractivity contribution in [1.29, 1.82) is 0 Å². The van der Waals surface area contributed by atoms with Crippen molar-refractivity contribution < 1.29 is 9.53 Å². The smallest absolute Gasteiger partial charge is 0.231 e. The fraction of sp³-hybridized carbons (Fsp3) is 0.316. The van der Waals surface area contributed by atoms with Crippen molar-refractivity contribution in [2.75, 3.05) is 7.11 Å². The molecular formula is C19H21NO2. The molecule has 1 aliphatic carbocycles. The molecule has 2 aromatic rings. The lowest BCUT2D eigenvalue weighted by Crippen LogP contribution is -2.36. The first-order valence-electron chi connectivity index (χ1n) is 7.66. The van der Waals surface area contributed by atoms with Gasteiger partial charge >= 0.3 is 0 Å². The zero-order chi connectivity index (χ0) is 15.6. The molecule has 1 aliphatic rings. The van der Waals surface area contributed by atoms with Gasteiger partial charge in [0.25, 0.3) is 0 Å². The Bertz CT molecular complexity index is 645. The zero-order valence-electron chi connectivity index (χ0n) is 13.0. The van der Waals surface area contributed by atoms with Crippen LogP contribution in [0.4, 0.5) is 0 Å². The second kappa shape index (κ2) is 5.84. The number of hydrogen-bond acceptors (Lipinski definition) is 2. The Balaban J connectivity index is 1.71. The standard InChI is InChI=1S/C19H21NO2/c1-14(15-8-10-17(22-2)11-9-15)20-18(21)19(12-13-19)16-6-4-3-5-7-16/h3-11,14H,12-13H2,1-2H3,(H,20,21). The summed E-state index contributed by atoms with van der Waals surface area (Å²) in [6, 6.07) is 17.9. The number of carbonyl (C=O) groups is 1. The summed E-state index contributed by atoms with van der Waals surface area (Å²) in [7, 11) is 1.65. The Morgan fingerprint density at radius 2 is 1.73 bits per heavy atom. The quantitative estimate of drug-likeness (QED) is 0.915. The molecule has 1 amide bonds. The van der Waals surface area contributed by atoms with E-state index < -0.39 is 0 Å². The van der Waals surface area contributed by atoms with E-state index >= 15 is 0 Å². The van der Waals surface area contributed by atoms with Crippen molar-refractivity contribution in [2.24, 2.45) is 0 Å². The van der Waals surface area contributed by atoms with Gasteiger partial charge in [0.05, 0.1) is 18.6 Å². The SMILES string of the molecule is COc1ccc(C(C)NC(=O)C2(c3ccccc3)CC2)cc1. The maximum atomic E-state index is 12.7. The first kappa shape index (κ1) is 14.6. The van der Waals surface area contributed by atoms with E-state index in [0.29, 0.717) is 0 Å². The van der Waals surface area contributed by atoms with Crippen molar-refractivity contribution in [3.63, 3.8) is 0 Å². The Morgan fingerprint density at radius 1 is 1.09 bits per heavy atom. The summed E-state index contributed by atoms with van der Waals surface area (Å²) in [5, 5.41) is 3.16. The van der Waals surface area contributed by atoms with Crippen LogP contribution in [0, 0.1) is 0 Å². The fourth-order valence-corrected chi connectivity index (χ4v) is 2.84. The van der Waals surface area contributed by atoms with Crippen LogP contribution in [0.1, 0.15) is 36.9 Å². The summed E-state index contributed by atoms with van der Waals surface area (Å²) in [5.41, 5.74) is 1.88. The van der Waals surface area contributed by atoms with Gasteiger partial charge in [-0.2, -0.15) is 0 Å². The van der Waals surface area contributed by atoms with Crippen LogP contribution >= 0.6 is 0 Å². The van der Waals surface area contributed by atoms with Crippen molar-refractivity contribution >= 4 is 5.91 Å². The van der Waals surface area contributed by atoms with Gasteiger partial charge in [0, 0.05) is 0 Å². The third kappa shape index (κ3) is 2.71. The summed E-state index contributed by atoms with van der Waals surface area (Å²) in [6.45, 7) is 2.01. The van der Waals surface area contributed by atoms with Crippen LogP contribution in [-0.2, 0) is 10.2 Å². The van der Waals surface area contributed by atoms with Crippen molar-refractivity contribution in [1.82, 2.24) is 5.32 Å². The van der Waals surface area contributed by atoms with Crippen LogP contribution in [0.2, 0.25) is 0 Å². The number of hydrogen-bond donors (Lipinski definition) is 1. The Hall–Kier alpha value is -2.29. The van der Waals surface area contributed by atoms with E-state index in [1.165, 1.54) is 0 Å². The van der Waals surface area contributed by atoms with Gasteiger partial charge in [-0.3, -0.25) is 4.79 Å². The van der Waals surface area contributed by atoms with E-state index in [0.717, 1.165) is 29.7 Å². The number of ether oxygens (including phenoxy) is 1. The van der Waals surface area contributed by atoms with Crippen LogP contribution < -0.4 is 10.1 Å². The molecule has 0 heterocycles. The number of amides is 1.